The molecule has 0 saturated heterocycles. The second-order valence-corrected chi connectivity index (χ2v) is 6.07. The summed E-state index contributed by atoms with van der Waals surface area (Å²) in [6.45, 7) is 0. The highest BCUT2D eigenvalue weighted by molar-refractivity contribution is 6.30. The molecule has 4 aromatic rings. The highest BCUT2D eigenvalue weighted by Gasteiger charge is 2.15. The molecule has 0 fully saturated rings. The van der Waals surface area contributed by atoms with Crippen LogP contribution in [0.3, 0.4) is 0 Å². The minimum Gasteiger partial charge on any atom is -0.478 e. The van der Waals surface area contributed by atoms with Gasteiger partial charge in [-0.05, 0) is 30.3 Å². The first kappa shape index (κ1) is 16.1. The van der Waals surface area contributed by atoms with Crippen molar-refractivity contribution >= 4 is 34.7 Å². The van der Waals surface area contributed by atoms with E-state index in [4.69, 9.17) is 11.6 Å². The van der Waals surface area contributed by atoms with Crippen LogP contribution in [0, 0.1) is 0 Å². The number of nitrogens with one attached hydrogen (secondary N) is 1. The molecule has 0 aliphatic carbocycles. The molecule has 0 unspecified atom stereocenters. The smallest absolute Gasteiger partial charge is 0.335 e. The van der Waals surface area contributed by atoms with Crippen molar-refractivity contribution in [3.8, 4) is 11.3 Å². The van der Waals surface area contributed by atoms with E-state index in [1.165, 1.54) is 0 Å². The topological polar surface area (TPSA) is 79.5 Å². The molecule has 26 heavy (non-hydrogen) atoms. The summed E-state index contributed by atoms with van der Waals surface area (Å²) in [4.78, 5) is 20.0. The molecular formula is C19H13ClN4O2. The summed E-state index contributed by atoms with van der Waals surface area (Å²) in [6, 6.07) is 14.0. The predicted molar refractivity (Wildman–Crippen MR) is 100 cm³/mol. The van der Waals surface area contributed by atoms with Crippen LogP contribution in [0.25, 0.3) is 16.9 Å². The molecule has 2 N–H and O–H groups in total. The SMILES string of the molecule is O=C(O)c1cccc(Nc2c(-c3cccc(Cl)c3)nc3cnccn23)c1. The molecule has 2 aromatic carbocycles. The third-order valence-corrected chi connectivity index (χ3v) is 4.14. The summed E-state index contributed by atoms with van der Waals surface area (Å²) >= 11 is 6.13. The lowest BCUT2D eigenvalue weighted by atomic mass is 10.1. The van der Waals surface area contributed by atoms with Gasteiger partial charge < -0.3 is 10.4 Å². The van der Waals surface area contributed by atoms with Gasteiger partial charge in [0.05, 0.1) is 11.8 Å². The Morgan fingerprint density at radius 1 is 1.15 bits per heavy atom. The van der Waals surface area contributed by atoms with E-state index in [0.717, 1.165) is 5.56 Å². The lowest BCUT2D eigenvalue weighted by molar-refractivity contribution is 0.0697. The van der Waals surface area contributed by atoms with Crippen molar-refractivity contribution < 1.29 is 9.90 Å². The molecule has 0 atom stereocenters. The van der Waals surface area contributed by atoms with Crippen LogP contribution in [0.2, 0.25) is 5.02 Å². The summed E-state index contributed by atoms with van der Waals surface area (Å²) in [6.07, 6.45) is 5.11. The number of carboxylic acid groups (broad SMARTS) is 1. The fourth-order valence-electron chi connectivity index (χ4n) is 2.73. The van der Waals surface area contributed by atoms with Crippen molar-refractivity contribution in [2.24, 2.45) is 0 Å². The van der Waals surface area contributed by atoms with E-state index in [2.05, 4.69) is 15.3 Å². The number of imidazole rings is 1. The van der Waals surface area contributed by atoms with Gasteiger partial charge in [0, 0.05) is 28.7 Å². The Balaban J connectivity index is 1.87. The second-order valence-electron chi connectivity index (χ2n) is 5.63. The van der Waals surface area contributed by atoms with Crippen LogP contribution in [-0.4, -0.2) is 25.4 Å². The van der Waals surface area contributed by atoms with Crippen molar-refractivity contribution in [2.45, 2.75) is 0 Å². The lowest BCUT2D eigenvalue weighted by Crippen LogP contribution is -2.00. The number of fused-ring (bicyclic) bond motifs is 1. The van der Waals surface area contributed by atoms with Gasteiger partial charge in [-0.2, -0.15) is 0 Å². The van der Waals surface area contributed by atoms with Crippen molar-refractivity contribution in [2.75, 3.05) is 5.32 Å². The Hall–Kier alpha value is -3.38. The Labute approximate surface area is 153 Å². The maximum Gasteiger partial charge on any atom is 0.335 e. The molecule has 0 amide bonds. The summed E-state index contributed by atoms with van der Waals surface area (Å²) in [7, 11) is 0. The molecule has 6 nitrogen and oxygen atoms in total. The molecule has 2 heterocycles. The minimum atomic E-state index is -0.981. The van der Waals surface area contributed by atoms with Gasteiger partial charge in [0.15, 0.2) is 5.65 Å². The zero-order valence-electron chi connectivity index (χ0n) is 13.4. The van der Waals surface area contributed by atoms with E-state index in [-0.39, 0.29) is 5.56 Å². The second kappa shape index (κ2) is 6.50. The molecule has 0 aliphatic rings. The molecule has 2 aromatic heterocycles. The fourth-order valence-corrected chi connectivity index (χ4v) is 2.92. The van der Waals surface area contributed by atoms with Crippen LogP contribution in [-0.2, 0) is 0 Å². The van der Waals surface area contributed by atoms with Gasteiger partial charge in [0.1, 0.15) is 11.5 Å². The number of nitrogens with zero attached hydrogens (tertiary/aromatic N) is 3. The minimum absolute atomic E-state index is 0.204. The van der Waals surface area contributed by atoms with E-state index >= 15 is 0 Å². The maximum atomic E-state index is 11.2. The number of hydrogen-bond acceptors (Lipinski definition) is 4. The number of carbonyl (C=O) groups is 1. The van der Waals surface area contributed by atoms with Crippen LogP contribution in [0.15, 0.2) is 67.1 Å². The summed E-state index contributed by atoms with van der Waals surface area (Å²) in [5.41, 5.74) is 3.06. The van der Waals surface area contributed by atoms with Crippen molar-refractivity contribution in [1.82, 2.24) is 14.4 Å². The van der Waals surface area contributed by atoms with E-state index in [1.54, 1.807) is 48.9 Å². The first-order valence-electron chi connectivity index (χ1n) is 7.80. The van der Waals surface area contributed by atoms with Crippen LogP contribution in [0.1, 0.15) is 10.4 Å². The molecule has 4 rings (SSSR count). The number of benzene rings is 2. The molecule has 0 bridgehead atoms. The fraction of sp³-hybridized carbons (Fsp3) is 0. The van der Waals surface area contributed by atoms with Crippen molar-refractivity contribution in [3.63, 3.8) is 0 Å². The summed E-state index contributed by atoms with van der Waals surface area (Å²) in [5, 5.41) is 13.1. The van der Waals surface area contributed by atoms with Gasteiger partial charge >= 0.3 is 5.97 Å². The van der Waals surface area contributed by atoms with Gasteiger partial charge in [-0.15, -0.1) is 0 Å². The zero-order valence-corrected chi connectivity index (χ0v) is 14.2. The zero-order chi connectivity index (χ0) is 18.1. The average molecular weight is 365 g/mol. The molecular weight excluding hydrogens is 352 g/mol. The van der Waals surface area contributed by atoms with Gasteiger partial charge in [-0.25, -0.2) is 9.78 Å². The van der Waals surface area contributed by atoms with E-state index in [0.29, 0.717) is 27.9 Å². The van der Waals surface area contributed by atoms with Crippen molar-refractivity contribution in [1.29, 1.82) is 0 Å². The predicted octanol–water partition coefficient (Wildman–Crippen LogP) is 4.49. The molecule has 7 heteroatoms. The van der Waals surface area contributed by atoms with Crippen LogP contribution in [0.5, 0.6) is 0 Å². The highest BCUT2D eigenvalue weighted by Crippen LogP contribution is 2.32. The third-order valence-electron chi connectivity index (χ3n) is 3.90. The van der Waals surface area contributed by atoms with Crippen molar-refractivity contribution in [3.05, 3.63) is 77.7 Å². The molecule has 0 spiro atoms. The standard InChI is InChI=1S/C19H13ClN4O2/c20-14-5-1-3-12(9-14)17-18(24-8-7-21-11-16(24)23-17)22-15-6-2-4-13(10-15)19(25)26/h1-11,22H,(H,25,26). The van der Waals surface area contributed by atoms with Gasteiger partial charge in [0.25, 0.3) is 0 Å². The lowest BCUT2D eigenvalue weighted by Gasteiger charge is -2.09. The number of anilines is 2. The number of halogens is 1. The monoisotopic (exact) mass is 364 g/mol. The van der Waals surface area contributed by atoms with Gasteiger partial charge in [-0.1, -0.05) is 29.8 Å². The number of aromatic carboxylic acids is 1. The number of carboxylic acids is 1. The van der Waals surface area contributed by atoms with Crippen LogP contribution in [0.4, 0.5) is 11.5 Å². The molecule has 0 radical (unpaired) electrons. The molecule has 0 aliphatic heterocycles. The first-order valence-corrected chi connectivity index (χ1v) is 8.18. The van der Waals surface area contributed by atoms with Gasteiger partial charge in [-0.3, -0.25) is 9.38 Å². The Morgan fingerprint density at radius 2 is 2.00 bits per heavy atom. The molecule has 128 valence electrons. The Bertz CT molecular complexity index is 1120. The van der Waals surface area contributed by atoms with E-state index in [9.17, 15) is 9.90 Å². The van der Waals surface area contributed by atoms with Crippen LogP contribution >= 0.6 is 11.6 Å². The quantitative estimate of drug-likeness (QED) is 0.557. The number of hydrogen-bond donors (Lipinski definition) is 2. The normalized spacial score (nSPS) is 10.8. The van der Waals surface area contributed by atoms with E-state index < -0.39 is 5.97 Å². The average Bonchev–Trinajstić information content (AvgIpc) is 3.01. The summed E-state index contributed by atoms with van der Waals surface area (Å²) < 4.78 is 1.86. The maximum absolute atomic E-state index is 11.2. The van der Waals surface area contributed by atoms with E-state index in [1.807, 2.05) is 22.6 Å². The Kier molecular flexibility index (Phi) is 4.02. The van der Waals surface area contributed by atoms with Crippen LogP contribution < -0.4 is 5.32 Å². The molecule has 0 saturated carbocycles. The van der Waals surface area contributed by atoms with Gasteiger partial charge in [0.2, 0.25) is 0 Å². The first-order chi connectivity index (χ1) is 12.6. The largest absolute Gasteiger partial charge is 0.478 e. The summed E-state index contributed by atoms with van der Waals surface area (Å²) in [5.74, 6) is -0.279. The highest BCUT2D eigenvalue weighted by atomic mass is 35.5. The third kappa shape index (κ3) is 2.98. The number of aromatic nitrogens is 3. The number of rotatable bonds is 4. The Morgan fingerprint density at radius 3 is 2.81 bits per heavy atom.